The molecule has 0 spiro atoms. The molecule has 0 saturated heterocycles. The first-order valence-electron chi connectivity index (χ1n) is 3.67. The molecule has 0 radical (unpaired) electrons. The highest BCUT2D eigenvalue weighted by molar-refractivity contribution is 7.89. The van der Waals surface area contributed by atoms with Gasteiger partial charge in [-0.25, -0.2) is 18.4 Å². The highest BCUT2D eigenvalue weighted by Crippen LogP contribution is 2.16. The summed E-state index contributed by atoms with van der Waals surface area (Å²) in [6, 6.07) is 2.30. The molecule has 82 valence electrons. The lowest BCUT2D eigenvalue weighted by atomic mass is 10.3. The number of methoxy groups -OCH3 is 1. The van der Waals surface area contributed by atoms with Crippen molar-refractivity contribution in [1.29, 1.82) is 0 Å². The topological polar surface area (TPSA) is 120 Å². The maximum atomic E-state index is 11.0. The maximum Gasteiger partial charge on any atom is 0.338 e. The Bertz CT molecular complexity index is 496. The van der Waals surface area contributed by atoms with Crippen LogP contribution < -0.4 is 9.88 Å². The van der Waals surface area contributed by atoms with Crippen LogP contribution in [0.2, 0.25) is 0 Å². The Morgan fingerprint density at radius 3 is 2.53 bits per heavy atom. The molecule has 0 bridgehead atoms. The fraction of sp³-hybridized carbons (Fsp3) is 0.143. The number of nitrogens with zero attached hydrogens (tertiary/aromatic N) is 1. The Hall–Kier alpha value is -1.67. The summed E-state index contributed by atoms with van der Waals surface area (Å²) in [5, 5.41) is 12.8. The lowest BCUT2D eigenvalue weighted by Gasteiger charge is -2.04. The van der Waals surface area contributed by atoms with E-state index in [0.717, 1.165) is 6.07 Å². The van der Waals surface area contributed by atoms with Crippen LogP contribution in [0.4, 0.5) is 0 Å². The number of pyridine rings is 1. The van der Waals surface area contributed by atoms with Crippen molar-refractivity contribution in [1.82, 2.24) is 4.98 Å². The fourth-order valence-electron chi connectivity index (χ4n) is 0.917. The van der Waals surface area contributed by atoms with Crippen LogP contribution in [0.1, 0.15) is 10.4 Å². The van der Waals surface area contributed by atoms with Crippen LogP contribution in [0.3, 0.4) is 0 Å². The Kier molecular flexibility index (Phi) is 2.91. The number of nitrogens with two attached hydrogens (primary N) is 1. The molecule has 0 atom stereocenters. The number of hydrogen-bond donors (Lipinski definition) is 2. The molecule has 3 N–H and O–H groups in total. The van der Waals surface area contributed by atoms with Crippen LogP contribution in [0.15, 0.2) is 17.2 Å². The number of rotatable bonds is 3. The van der Waals surface area contributed by atoms with Crippen molar-refractivity contribution in [2.24, 2.45) is 5.14 Å². The number of carbonyl (C=O) groups is 1. The molecule has 0 aliphatic carbocycles. The molecular weight excluding hydrogens is 224 g/mol. The Labute approximate surface area is 85.6 Å². The van der Waals surface area contributed by atoms with Gasteiger partial charge in [-0.3, -0.25) is 0 Å². The molecule has 8 heteroatoms. The summed E-state index contributed by atoms with van der Waals surface area (Å²) >= 11 is 0. The molecule has 1 aromatic rings. The number of ether oxygens (including phenoxy) is 1. The van der Waals surface area contributed by atoms with Crippen LogP contribution in [0.5, 0.6) is 5.88 Å². The Morgan fingerprint density at radius 1 is 1.53 bits per heavy atom. The molecule has 0 aliphatic rings. The van der Waals surface area contributed by atoms with E-state index in [9.17, 15) is 13.2 Å². The predicted molar refractivity (Wildman–Crippen MR) is 49.1 cm³/mol. The first-order chi connectivity index (χ1) is 6.86. The number of aromatic carboxylic acids is 1. The monoisotopic (exact) mass is 232 g/mol. The lowest BCUT2D eigenvalue weighted by molar-refractivity contribution is 0.0691. The van der Waals surface area contributed by atoms with Crippen molar-refractivity contribution in [2.75, 3.05) is 7.11 Å². The first-order valence-corrected chi connectivity index (χ1v) is 5.22. The molecule has 1 heterocycles. The zero-order chi connectivity index (χ0) is 11.6. The Morgan fingerprint density at radius 2 is 2.13 bits per heavy atom. The summed E-state index contributed by atoms with van der Waals surface area (Å²) in [6.07, 6.45) is 0. The highest BCUT2D eigenvalue weighted by atomic mass is 32.2. The number of hydrogen-bond acceptors (Lipinski definition) is 5. The van der Waals surface area contributed by atoms with Gasteiger partial charge < -0.3 is 9.84 Å². The van der Waals surface area contributed by atoms with Gasteiger partial charge in [0.15, 0.2) is 5.03 Å². The quantitative estimate of drug-likeness (QED) is 0.720. The molecule has 0 unspecified atom stereocenters. The van der Waals surface area contributed by atoms with E-state index in [2.05, 4.69) is 9.72 Å². The number of sulfonamides is 1. The number of aromatic nitrogens is 1. The number of carboxylic acid groups (broad SMARTS) is 1. The Balaban J connectivity index is 3.50. The molecule has 15 heavy (non-hydrogen) atoms. The molecule has 0 aliphatic heterocycles. The third-order valence-corrected chi connectivity index (χ3v) is 2.39. The summed E-state index contributed by atoms with van der Waals surface area (Å²) in [6.45, 7) is 0. The molecule has 7 nitrogen and oxygen atoms in total. The maximum absolute atomic E-state index is 11.0. The number of carboxylic acids is 1. The molecular formula is C7H8N2O5S. The second-order valence-electron chi connectivity index (χ2n) is 2.56. The van der Waals surface area contributed by atoms with Crippen LogP contribution in [-0.2, 0) is 10.0 Å². The smallest absolute Gasteiger partial charge is 0.338 e. The average Bonchev–Trinajstić information content (AvgIpc) is 2.15. The van der Waals surface area contributed by atoms with Gasteiger partial charge in [-0.15, -0.1) is 0 Å². The van der Waals surface area contributed by atoms with Gasteiger partial charge in [0.05, 0.1) is 12.7 Å². The molecule has 0 aromatic carbocycles. The van der Waals surface area contributed by atoms with Crippen LogP contribution in [-0.4, -0.2) is 31.6 Å². The molecule has 0 fully saturated rings. The second-order valence-corrected chi connectivity index (χ2v) is 4.03. The second kappa shape index (κ2) is 3.83. The van der Waals surface area contributed by atoms with E-state index in [1.807, 2.05) is 0 Å². The predicted octanol–water partition coefficient (Wildman–Crippen LogP) is -0.564. The van der Waals surface area contributed by atoms with E-state index in [1.165, 1.54) is 13.2 Å². The third-order valence-electron chi connectivity index (χ3n) is 1.54. The molecule has 1 rings (SSSR count). The van der Waals surface area contributed by atoms with Crippen molar-refractivity contribution in [3.63, 3.8) is 0 Å². The first kappa shape index (κ1) is 11.4. The zero-order valence-electron chi connectivity index (χ0n) is 7.67. The summed E-state index contributed by atoms with van der Waals surface area (Å²) < 4.78 is 26.7. The van der Waals surface area contributed by atoms with E-state index < -0.39 is 26.6 Å². The van der Waals surface area contributed by atoms with E-state index in [0.29, 0.717) is 0 Å². The van der Waals surface area contributed by atoms with Crippen molar-refractivity contribution in [2.45, 2.75) is 5.03 Å². The van der Waals surface area contributed by atoms with Crippen LogP contribution >= 0.6 is 0 Å². The SMILES string of the molecule is COc1ccc(C(=O)O)c(S(N)(=O)=O)n1. The average molecular weight is 232 g/mol. The zero-order valence-corrected chi connectivity index (χ0v) is 8.48. The minimum atomic E-state index is -4.18. The van der Waals surface area contributed by atoms with Gasteiger partial charge in [0.1, 0.15) is 0 Å². The summed E-state index contributed by atoms with van der Waals surface area (Å²) in [7, 11) is -2.91. The van der Waals surface area contributed by atoms with Gasteiger partial charge in [0, 0.05) is 6.07 Å². The van der Waals surface area contributed by atoms with E-state index in [1.54, 1.807) is 0 Å². The van der Waals surface area contributed by atoms with Crippen molar-refractivity contribution in [3.8, 4) is 5.88 Å². The van der Waals surface area contributed by atoms with Gasteiger partial charge >= 0.3 is 5.97 Å². The van der Waals surface area contributed by atoms with E-state index >= 15 is 0 Å². The fourth-order valence-corrected chi connectivity index (χ4v) is 1.60. The van der Waals surface area contributed by atoms with Gasteiger partial charge in [-0.1, -0.05) is 0 Å². The van der Waals surface area contributed by atoms with Crippen LogP contribution in [0.25, 0.3) is 0 Å². The van der Waals surface area contributed by atoms with Crippen molar-refractivity contribution in [3.05, 3.63) is 17.7 Å². The lowest BCUT2D eigenvalue weighted by Crippen LogP contribution is -2.18. The summed E-state index contributed by atoms with van der Waals surface area (Å²) in [5.41, 5.74) is -0.488. The minimum absolute atomic E-state index is 0.0241. The summed E-state index contributed by atoms with van der Waals surface area (Å²) in [4.78, 5) is 14.1. The largest absolute Gasteiger partial charge is 0.481 e. The third kappa shape index (κ3) is 2.42. The van der Waals surface area contributed by atoms with Gasteiger partial charge in [0.25, 0.3) is 10.0 Å². The normalized spacial score (nSPS) is 11.1. The number of primary sulfonamides is 1. The van der Waals surface area contributed by atoms with Crippen molar-refractivity contribution >= 4 is 16.0 Å². The molecule has 1 aromatic heterocycles. The van der Waals surface area contributed by atoms with Gasteiger partial charge in [0.2, 0.25) is 5.88 Å². The van der Waals surface area contributed by atoms with Gasteiger partial charge in [-0.05, 0) is 6.07 Å². The minimum Gasteiger partial charge on any atom is -0.481 e. The van der Waals surface area contributed by atoms with E-state index in [-0.39, 0.29) is 5.88 Å². The molecule has 0 saturated carbocycles. The van der Waals surface area contributed by atoms with Crippen LogP contribution in [0, 0.1) is 0 Å². The summed E-state index contributed by atoms with van der Waals surface area (Å²) in [5.74, 6) is -1.45. The van der Waals surface area contributed by atoms with Gasteiger partial charge in [-0.2, -0.15) is 4.98 Å². The standard InChI is InChI=1S/C7H8N2O5S/c1-14-5-3-2-4(7(10)11)6(9-5)15(8,12)13/h2-3H,1H3,(H,10,11)(H2,8,12,13). The highest BCUT2D eigenvalue weighted by Gasteiger charge is 2.21. The molecule has 0 amide bonds. The van der Waals surface area contributed by atoms with Crippen molar-refractivity contribution < 1.29 is 23.1 Å². The van der Waals surface area contributed by atoms with E-state index in [4.69, 9.17) is 10.2 Å².